The Balaban J connectivity index is 2.08. The summed E-state index contributed by atoms with van der Waals surface area (Å²) in [7, 11) is 0. The van der Waals surface area contributed by atoms with Crippen LogP contribution in [0, 0.1) is 6.92 Å². The zero-order valence-electron chi connectivity index (χ0n) is 14.3. The van der Waals surface area contributed by atoms with Crippen molar-refractivity contribution in [2.45, 2.75) is 13.8 Å². The van der Waals surface area contributed by atoms with Gasteiger partial charge in [-0.1, -0.05) is 23.8 Å². The number of hydrogen-bond donors (Lipinski definition) is 3. The van der Waals surface area contributed by atoms with Gasteiger partial charge in [0.05, 0.1) is 34.3 Å². The Labute approximate surface area is 149 Å². The van der Waals surface area contributed by atoms with Crippen molar-refractivity contribution < 1.29 is 15.0 Å². The van der Waals surface area contributed by atoms with Crippen molar-refractivity contribution in [3.8, 4) is 28.6 Å². The highest BCUT2D eigenvalue weighted by molar-refractivity contribution is 6.04. The molecule has 0 radical (unpaired) electrons. The molecule has 0 aliphatic carbocycles. The summed E-state index contributed by atoms with van der Waals surface area (Å²) in [6, 6.07) is 13.0. The second-order valence-electron chi connectivity index (χ2n) is 6.26. The molecule has 0 aliphatic heterocycles. The zero-order chi connectivity index (χ0) is 18.4. The summed E-state index contributed by atoms with van der Waals surface area (Å²) in [4.78, 5) is 19.4. The Bertz CT molecular complexity index is 1150. The molecule has 26 heavy (non-hydrogen) atoms. The van der Waals surface area contributed by atoms with Crippen molar-refractivity contribution in [2.75, 3.05) is 0 Å². The van der Waals surface area contributed by atoms with Crippen molar-refractivity contribution >= 4 is 16.8 Å². The van der Waals surface area contributed by atoms with Gasteiger partial charge in [-0.15, -0.1) is 0 Å². The van der Waals surface area contributed by atoms with Gasteiger partial charge in [0.1, 0.15) is 0 Å². The number of aryl methyl sites for hydroxylation is 1. The lowest BCUT2D eigenvalue weighted by Crippen LogP contribution is -2.01. The maximum atomic E-state index is 12.2. The fraction of sp³-hybridized carbons (Fsp3) is 0.100. The van der Waals surface area contributed by atoms with E-state index in [1.54, 1.807) is 12.4 Å². The average Bonchev–Trinajstić information content (AvgIpc) is 3.17. The molecule has 2 aromatic carbocycles. The monoisotopic (exact) mass is 347 g/mol. The molecule has 0 spiro atoms. The molecule has 6 heteroatoms. The molecule has 0 fully saturated rings. The van der Waals surface area contributed by atoms with Crippen LogP contribution in [0.1, 0.15) is 22.8 Å². The number of carbonyl (C=O) groups excluding carboxylic acids is 1. The molecule has 6 nitrogen and oxygen atoms in total. The van der Waals surface area contributed by atoms with Gasteiger partial charge in [-0.25, -0.2) is 4.98 Å². The van der Waals surface area contributed by atoms with Gasteiger partial charge in [-0.3, -0.25) is 9.36 Å². The van der Waals surface area contributed by atoms with Gasteiger partial charge in [0.2, 0.25) is 5.88 Å². The number of carbonyl (C=O) groups is 1. The number of H-pyrrole nitrogens is 1. The van der Waals surface area contributed by atoms with E-state index in [0.717, 1.165) is 22.2 Å². The number of rotatable bonds is 3. The lowest BCUT2D eigenvalue weighted by molar-refractivity contribution is 0.101. The first-order chi connectivity index (χ1) is 12.5. The number of ketones is 1. The van der Waals surface area contributed by atoms with Crippen molar-refractivity contribution in [3.63, 3.8) is 0 Å². The molecular formula is C20H17N3O3. The van der Waals surface area contributed by atoms with Crippen LogP contribution in [0.3, 0.4) is 0 Å². The van der Waals surface area contributed by atoms with Gasteiger partial charge in [-0.05, 0) is 43.7 Å². The van der Waals surface area contributed by atoms with Gasteiger partial charge in [0.15, 0.2) is 11.5 Å². The topological polar surface area (TPSA) is 91.1 Å². The van der Waals surface area contributed by atoms with Crippen LogP contribution in [-0.2, 0) is 0 Å². The smallest absolute Gasteiger partial charge is 0.240 e. The second kappa shape index (κ2) is 5.77. The van der Waals surface area contributed by atoms with E-state index in [9.17, 15) is 15.0 Å². The molecule has 0 saturated carbocycles. The van der Waals surface area contributed by atoms with Gasteiger partial charge in [-0.2, -0.15) is 0 Å². The minimum Gasteiger partial charge on any atom is -0.503 e. The maximum Gasteiger partial charge on any atom is 0.240 e. The zero-order valence-corrected chi connectivity index (χ0v) is 14.3. The van der Waals surface area contributed by atoms with E-state index in [2.05, 4.69) is 9.97 Å². The van der Waals surface area contributed by atoms with Crippen molar-refractivity contribution in [3.05, 3.63) is 59.9 Å². The van der Waals surface area contributed by atoms with Crippen LogP contribution in [-0.4, -0.2) is 30.5 Å². The van der Waals surface area contributed by atoms with E-state index in [1.165, 1.54) is 11.5 Å². The summed E-state index contributed by atoms with van der Waals surface area (Å²) >= 11 is 0. The van der Waals surface area contributed by atoms with Gasteiger partial charge in [0.25, 0.3) is 0 Å². The fourth-order valence-corrected chi connectivity index (χ4v) is 3.26. The predicted molar refractivity (Wildman–Crippen MR) is 98.9 cm³/mol. The van der Waals surface area contributed by atoms with Crippen LogP contribution in [0.15, 0.2) is 48.8 Å². The SMILES string of the molecule is CC(=O)c1c(O)c(O)n(-c2ccc3nc[nH]c3c2)c1-c1cccc(C)c1. The summed E-state index contributed by atoms with van der Waals surface area (Å²) in [6.07, 6.45) is 1.59. The number of fused-ring (bicyclic) bond motifs is 1. The van der Waals surface area contributed by atoms with Gasteiger partial charge < -0.3 is 15.2 Å². The molecule has 4 rings (SSSR count). The van der Waals surface area contributed by atoms with Crippen LogP contribution in [0.5, 0.6) is 11.6 Å². The van der Waals surface area contributed by atoms with E-state index < -0.39 is 5.75 Å². The summed E-state index contributed by atoms with van der Waals surface area (Å²) in [6.45, 7) is 3.32. The number of aromatic nitrogens is 3. The summed E-state index contributed by atoms with van der Waals surface area (Å²) in [5.74, 6) is -1.11. The molecule has 2 heterocycles. The Morgan fingerprint density at radius 1 is 1.15 bits per heavy atom. The maximum absolute atomic E-state index is 12.2. The molecular weight excluding hydrogens is 330 g/mol. The predicted octanol–water partition coefficient (Wildman–Crippen LogP) is 3.94. The third-order valence-corrected chi connectivity index (χ3v) is 4.43. The molecule has 0 aliphatic rings. The van der Waals surface area contributed by atoms with E-state index >= 15 is 0 Å². The van der Waals surface area contributed by atoms with Crippen molar-refractivity contribution in [1.82, 2.24) is 14.5 Å². The first-order valence-electron chi connectivity index (χ1n) is 8.15. The quantitative estimate of drug-likeness (QED) is 0.490. The van der Waals surface area contributed by atoms with Crippen LogP contribution in [0.25, 0.3) is 28.0 Å². The third kappa shape index (κ3) is 2.35. The lowest BCUT2D eigenvalue weighted by atomic mass is 10.0. The summed E-state index contributed by atoms with van der Waals surface area (Å²) < 4.78 is 1.49. The first-order valence-corrected chi connectivity index (χ1v) is 8.15. The fourth-order valence-electron chi connectivity index (χ4n) is 3.26. The lowest BCUT2D eigenvalue weighted by Gasteiger charge is -2.12. The van der Waals surface area contributed by atoms with Crippen LogP contribution in [0.4, 0.5) is 0 Å². The number of nitrogens with one attached hydrogen (secondary N) is 1. The molecule has 0 atom stereocenters. The Hall–Kier alpha value is -3.54. The Morgan fingerprint density at radius 2 is 1.96 bits per heavy atom. The van der Waals surface area contributed by atoms with Crippen LogP contribution in [0.2, 0.25) is 0 Å². The summed E-state index contributed by atoms with van der Waals surface area (Å²) in [5, 5.41) is 21.0. The highest BCUT2D eigenvalue weighted by Gasteiger charge is 2.27. The Kier molecular flexibility index (Phi) is 3.54. The minimum atomic E-state index is -0.418. The molecule has 0 saturated heterocycles. The number of hydrogen-bond acceptors (Lipinski definition) is 4. The minimum absolute atomic E-state index is 0.0952. The number of nitrogens with zero attached hydrogens (tertiary/aromatic N) is 2. The highest BCUT2D eigenvalue weighted by atomic mass is 16.3. The van der Waals surface area contributed by atoms with Gasteiger partial charge >= 0.3 is 0 Å². The second-order valence-corrected chi connectivity index (χ2v) is 6.26. The number of Topliss-reactive ketones (excluding diaryl/α,β-unsaturated/α-hetero) is 1. The van der Waals surface area contributed by atoms with Gasteiger partial charge in [0, 0.05) is 0 Å². The number of imidazole rings is 1. The normalized spacial score (nSPS) is 11.2. The third-order valence-electron chi connectivity index (χ3n) is 4.43. The van der Waals surface area contributed by atoms with E-state index in [-0.39, 0.29) is 17.2 Å². The molecule has 0 unspecified atom stereocenters. The van der Waals surface area contributed by atoms with E-state index in [1.807, 2.05) is 43.3 Å². The Morgan fingerprint density at radius 3 is 2.69 bits per heavy atom. The molecule has 0 bridgehead atoms. The number of benzene rings is 2. The largest absolute Gasteiger partial charge is 0.503 e. The first kappa shape index (κ1) is 16.0. The standard InChI is InChI=1S/C20H17N3O3/c1-11-4-3-5-13(8-11)18-17(12(2)24)19(25)20(26)23(18)14-6-7-15-16(9-14)22-10-21-15/h3-10,25-26H,1-2H3,(H,21,22). The average molecular weight is 347 g/mol. The molecule has 130 valence electrons. The highest BCUT2D eigenvalue weighted by Crippen LogP contribution is 2.43. The van der Waals surface area contributed by atoms with Crippen LogP contribution < -0.4 is 0 Å². The van der Waals surface area contributed by atoms with Crippen molar-refractivity contribution in [1.29, 1.82) is 0 Å². The molecule has 3 N–H and O–H groups in total. The number of aromatic hydroxyl groups is 2. The molecule has 4 aromatic rings. The molecule has 0 amide bonds. The number of aromatic amines is 1. The van der Waals surface area contributed by atoms with E-state index in [4.69, 9.17) is 0 Å². The molecule has 2 aromatic heterocycles. The summed E-state index contributed by atoms with van der Waals surface area (Å²) in [5.41, 5.74) is 4.47. The van der Waals surface area contributed by atoms with E-state index in [0.29, 0.717) is 11.4 Å². The van der Waals surface area contributed by atoms with Crippen LogP contribution >= 0.6 is 0 Å². The van der Waals surface area contributed by atoms with Crippen molar-refractivity contribution in [2.24, 2.45) is 0 Å².